The van der Waals surface area contributed by atoms with Crippen molar-refractivity contribution < 1.29 is 9.13 Å². The fraction of sp³-hybridized carbons (Fsp3) is 0.273. The molecule has 0 aliphatic heterocycles. The van der Waals surface area contributed by atoms with Gasteiger partial charge in [-0.05, 0) is 31.0 Å². The van der Waals surface area contributed by atoms with E-state index in [1.165, 1.54) is 13.2 Å². The van der Waals surface area contributed by atoms with E-state index in [2.05, 4.69) is 6.58 Å². The van der Waals surface area contributed by atoms with Gasteiger partial charge in [-0.3, -0.25) is 0 Å². The van der Waals surface area contributed by atoms with Crippen molar-refractivity contribution in [1.82, 2.24) is 0 Å². The van der Waals surface area contributed by atoms with Gasteiger partial charge >= 0.3 is 0 Å². The van der Waals surface area contributed by atoms with Gasteiger partial charge in [0.1, 0.15) is 0 Å². The molecule has 0 amide bonds. The lowest BCUT2D eigenvalue weighted by Crippen LogP contribution is -1.91. The predicted octanol–water partition coefficient (Wildman–Crippen LogP) is 2.95. The van der Waals surface area contributed by atoms with Crippen LogP contribution >= 0.6 is 0 Å². The van der Waals surface area contributed by atoms with Gasteiger partial charge in [-0.2, -0.15) is 0 Å². The first-order chi connectivity index (χ1) is 6.13. The number of rotatable bonds is 3. The molecule has 1 aromatic carbocycles. The number of hydrogen-bond acceptors (Lipinski definition) is 1. The number of allylic oxidation sites excluding steroid dienone is 1. The zero-order chi connectivity index (χ0) is 9.84. The molecule has 13 heavy (non-hydrogen) atoms. The zero-order valence-electron chi connectivity index (χ0n) is 7.93. The van der Waals surface area contributed by atoms with Crippen molar-refractivity contribution >= 4 is 0 Å². The van der Waals surface area contributed by atoms with Crippen LogP contribution in [-0.4, -0.2) is 7.11 Å². The Labute approximate surface area is 77.8 Å². The first kappa shape index (κ1) is 9.78. The Morgan fingerprint density at radius 1 is 1.54 bits per heavy atom. The molecule has 0 heterocycles. The molecule has 0 saturated carbocycles. The van der Waals surface area contributed by atoms with Crippen LogP contribution in [0.15, 0.2) is 30.4 Å². The Hall–Kier alpha value is -1.31. The molecule has 0 aliphatic carbocycles. The fourth-order valence-electron chi connectivity index (χ4n) is 1.16. The Morgan fingerprint density at radius 3 is 2.77 bits per heavy atom. The second kappa shape index (κ2) is 4.08. The van der Waals surface area contributed by atoms with E-state index in [9.17, 15) is 4.39 Å². The van der Waals surface area contributed by atoms with Crippen LogP contribution in [0.25, 0.3) is 0 Å². The maximum absolute atomic E-state index is 13.0. The zero-order valence-corrected chi connectivity index (χ0v) is 7.93. The molecular weight excluding hydrogens is 167 g/mol. The van der Waals surface area contributed by atoms with E-state index in [1.54, 1.807) is 12.1 Å². The van der Waals surface area contributed by atoms with Crippen LogP contribution in [0.3, 0.4) is 0 Å². The molecule has 0 saturated heterocycles. The third-order valence-corrected chi connectivity index (χ3v) is 1.72. The monoisotopic (exact) mass is 180 g/mol. The molecule has 1 aromatic rings. The highest BCUT2D eigenvalue weighted by atomic mass is 19.1. The van der Waals surface area contributed by atoms with Crippen molar-refractivity contribution in [2.45, 2.75) is 13.3 Å². The summed E-state index contributed by atoms with van der Waals surface area (Å²) in [7, 11) is 1.46. The fourth-order valence-corrected chi connectivity index (χ4v) is 1.16. The van der Waals surface area contributed by atoms with Crippen LogP contribution in [0.4, 0.5) is 4.39 Å². The largest absolute Gasteiger partial charge is 0.494 e. The highest BCUT2D eigenvalue weighted by Crippen LogP contribution is 2.19. The van der Waals surface area contributed by atoms with Crippen molar-refractivity contribution in [1.29, 1.82) is 0 Å². The summed E-state index contributed by atoms with van der Waals surface area (Å²) in [6.45, 7) is 5.73. The average Bonchev–Trinajstić information content (AvgIpc) is 2.07. The minimum Gasteiger partial charge on any atom is -0.494 e. The summed E-state index contributed by atoms with van der Waals surface area (Å²) >= 11 is 0. The SMILES string of the molecule is C=C(C)Cc1ccc(F)c(OC)c1. The van der Waals surface area contributed by atoms with E-state index in [0.717, 1.165) is 17.6 Å². The van der Waals surface area contributed by atoms with Crippen LogP contribution in [-0.2, 0) is 6.42 Å². The second-order valence-corrected chi connectivity index (χ2v) is 3.10. The van der Waals surface area contributed by atoms with E-state index in [1.807, 2.05) is 6.92 Å². The summed E-state index contributed by atoms with van der Waals surface area (Å²) < 4.78 is 17.8. The lowest BCUT2D eigenvalue weighted by Gasteiger charge is -2.05. The number of benzene rings is 1. The van der Waals surface area contributed by atoms with Gasteiger partial charge in [0.2, 0.25) is 0 Å². The number of halogens is 1. The van der Waals surface area contributed by atoms with Crippen molar-refractivity contribution in [3.63, 3.8) is 0 Å². The number of hydrogen-bond donors (Lipinski definition) is 0. The van der Waals surface area contributed by atoms with Crippen LogP contribution < -0.4 is 4.74 Å². The summed E-state index contributed by atoms with van der Waals surface area (Å²) in [5.41, 5.74) is 2.07. The molecule has 0 aromatic heterocycles. The molecule has 0 aliphatic rings. The van der Waals surface area contributed by atoms with Gasteiger partial charge in [0.15, 0.2) is 11.6 Å². The molecule has 70 valence electrons. The number of methoxy groups -OCH3 is 1. The molecular formula is C11H13FO. The molecule has 0 N–H and O–H groups in total. The van der Waals surface area contributed by atoms with Crippen molar-refractivity contribution in [2.75, 3.05) is 7.11 Å². The van der Waals surface area contributed by atoms with Crippen molar-refractivity contribution in [2.24, 2.45) is 0 Å². The summed E-state index contributed by atoms with van der Waals surface area (Å²) in [6, 6.07) is 4.85. The Bertz CT molecular complexity index is 318. The highest BCUT2D eigenvalue weighted by molar-refractivity contribution is 5.32. The molecule has 0 spiro atoms. The second-order valence-electron chi connectivity index (χ2n) is 3.10. The lowest BCUT2D eigenvalue weighted by atomic mass is 10.1. The minimum atomic E-state index is -0.326. The third kappa shape index (κ3) is 2.58. The van der Waals surface area contributed by atoms with E-state index in [0.29, 0.717) is 5.75 Å². The first-order valence-corrected chi connectivity index (χ1v) is 4.10. The van der Waals surface area contributed by atoms with E-state index in [-0.39, 0.29) is 5.82 Å². The first-order valence-electron chi connectivity index (χ1n) is 4.10. The van der Waals surface area contributed by atoms with Crippen molar-refractivity contribution in [3.05, 3.63) is 41.7 Å². The Morgan fingerprint density at radius 2 is 2.23 bits per heavy atom. The lowest BCUT2D eigenvalue weighted by molar-refractivity contribution is 0.386. The van der Waals surface area contributed by atoms with Crippen molar-refractivity contribution in [3.8, 4) is 5.75 Å². The van der Waals surface area contributed by atoms with Gasteiger partial charge in [-0.15, -0.1) is 0 Å². The topological polar surface area (TPSA) is 9.23 Å². The normalized spacial score (nSPS) is 9.77. The molecule has 2 heteroatoms. The molecule has 0 fully saturated rings. The smallest absolute Gasteiger partial charge is 0.165 e. The summed E-state index contributed by atoms with van der Waals surface area (Å²) in [4.78, 5) is 0. The van der Waals surface area contributed by atoms with Crippen LogP contribution in [0.2, 0.25) is 0 Å². The Balaban J connectivity index is 2.92. The van der Waals surface area contributed by atoms with Gasteiger partial charge in [0.05, 0.1) is 7.11 Å². The minimum absolute atomic E-state index is 0.291. The van der Waals surface area contributed by atoms with Crippen LogP contribution in [0, 0.1) is 5.82 Å². The summed E-state index contributed by atoms with van der Waals surface area (Å²) in [5.74, 6) is -0.0354. The highest BCUT2D eigenvalue weighted by Gasteiger charge is 2.02. The van der Waals surface area contributed by atoms with Gasteiger partial charge in [0, 0.05) is 0 Å². The maximum Gasteiger partial charge on any atom is 0.165 e. The standard InChI is InChI=1S/C11H13FO/c1-8(2)6-9-4-5-10(12)11(7-9)13-3/h4-5,7H,1,6H2,2-3H3. The average molecular weight is 180 g/mol. The van der Waals surface area contributed by atoms with E-state index in [4.69, 9.17) is 4.74 Å². The summed E-state index contributed by atoms with van der Waals surface area (Å²) in [5, 5.41) is 0. The number of ether oxygens (including phenoxy) is 1. The molecule has 1 nitrogen and oxygen atoms in total. The summed E-state index contributed by atoms with van der Waals surface area (Å²) in [6.07, 6.45) is 0.761. The van der Waals surface area contributed by atoms with Gasteiger partial charge in [-0.25, -0.2) is 4.39 Å². The van der Waals surface area contributed by atoms with Gasteiger partial charge < -0.3 is 4.74 Å². The van der Waals surface area contributed by atoms with E-state index < -0.39 is 0 Å². The maximum atomic E-state index is 13.0. The molecule has 1 rings (SSSR count). The third-order valence-electron chi connectivity index (χ3n) is 1.72. The molecule has 0 bridgehead atoms. The molecule has 0 atom stereocenters. The van der Waals surface area contributed by atoms with Gasteiger partial charge in [-0.1, -0.05) is 18.2 Å². The van der Waals surface area contributed by atoms with Crippen LogP contribution in [0.1, 0.15) is 12.5 Å². The van der Waals surface area contributed by atoms with Gasteiger partial charge in [0.25, 0.3) is 0 Å². The quantitative estimate of drug-likeness (QED) is 0.650. The molecule has 0 radical (unpaired) electrons. The van der Waals surface area contributed by atoms with E-state index >= 15 is 0 Å². The predicted molar refractivity (Wildman–Crippen MR) is 51.5 cm³/mol. The Kier molecular flexibility index (Phi) is 3.07. The molecule has 0 unspecified atom stereocenters. The van der Waals surface area contributed by atoms with Crippen LogP contribution in [0.5, 0.6) is 5.75 Å².